The third-order valence-electron chi connectivity index (χ3n) is 5.79. The molecule has 30 heavy (non-hydrogen) atoms. The van der Waals surface area contributed by atoms with Crippen LogP contribution in [0.2, 0.25) is 5.02 Å². The van der Waals surface area contributed by atoms with Crippen molar-refractivity contribution in [3.63, 3.8) is 0 Å². The Morgan fingerprint density at radius 3 is 2.43 bits per heavy atom. The zero-order valence-electron chi connectivity index (χ0n) is 16.8. The second-order valence-corrected chi connectivity index (χ2v) is 8.12. The average Bonchev–Trinajstić information content (AvgIpc) is 3.36. The van der Waals surface area contributed by atoms with Crippen molar-refractivity contribution < 1.29 is 19.4 Å². The molecule has 2 heterocycles. The van der Waals surface area contributed by atoms with Crippen LogP contribution in [0.4, 0.5) is 0 Å². The topological polar surface area (TPSA) is 66.8 Å². The number of hydrogen-bond donors (Lipinski definition) is 1. The summed E-state index contributed by atoms with van der Waals surface area (Å²) in [6, 6.07) is 13.7. The van der Waals surface area contributed by atoms with Crippen LogP contribution in [0.25, 0.3) is 5.76 Å². The molecule has 1 N–H and O–H groups in total. The zero-order chi connectivity index (χ0) is 21.3. The van der Waals surface area contributed by atoms with Crippen molar-refractivity contribution in [1.29, 1.82) is 0 Å². The predicted molar refractivity (Wildman–Crippen MR) is 115 cm³/mol. The van der Waals surface area contributed by atoms with Gasteiger partial charge in [0.1, 0.15) is 5.76 Å². The van der Waals surface area contributed by atoms with Crippen molar-refractivity contribution in [2.24, 2.45) is 0 Å². The summed E-state index contributed by atoms with van der Waals surface area (Å²) in [5.74, 6) is -1.47. The first-order valence-corrected chi connectivity index (χ1v) is 10.6. The lowest BCUT2D eigenvalue weighted by Crippen LogP contribution is -2.36. The Morgan fingerprint density at radius 2 is 1.83 bits per heavy atom. The fourth-order valence-electron chi connectivity index (χ4n) is 4.12. The van der Waals surface area contributed by atoms with Gasteiger partial charge >= 0.3 is 0 Å². The molecule has 1 amide bonds. The van der Waals surface area contributed by atoms with Crippen LogP contribution in [-0.2, 0) is 20.7 Å². The van der Waals surface area contributed by atoms with Crippen LogP contribution in [0.3, 0.4) is 0 Å². The minimum atomic E-state index is -0.676. The van der Waals surface area contributed by atoms with E-state index in [2.05, 4.69) is 6.92 Å². The number of hydrogen-bond acceptors (Lipinski definition) is 4. The van der Waals surface area contributed by atoms with E-state index in [0.717, 1.165) is 30.4 Å². The van der Waals surface area contributed by atoms with Gasteiger partial charge in [-0.2, -0.15) is 0 Å². The molecule has 5 nitrogen and oxygen atoms in total. The van der Waals surface area contributed by atoms with E-state index in [-0.39, 0.29) is 17.4 Å². The van der Waals surface area contributed by atoms with E-state index >= 15 is 0 Å². The van der Waals surface area contributed by atoms with E-state index in [1.807, 2.05) is 24.3 Å². The van der Waals surface area contributed by atoms with Crippen LogP contribution in [0.5, 0.6) is 0 Å². The minimum Gasteiger partial charge on any atom is -0.507 e. The van der Waals surface area contributed by atoms with E-state index < -0.39 is 17.7 Å². The van der Waals surface area contributed by atoms with E-state index in [0.29, 0.717) is 23.7 Å². The van der Waals surface area contributed by atoms with Gasteiger partial charge in [0, 0.05) is 23.7 Å². The maximum atomic E-state index is 13.0. The molecule has 4 rings (SSSR count). The summed E-state index contributed by atoms with van der Waals surface area (Å²) in [6.07, 6.45) is 2.58. The van der Waals surface area contributed by atoms with E-state index in [1.165, 1.54) is 0 Å². The van der Waals surface area contributed by atoms with Crippen molar-refractivity contribution in [2.45, 2.75) is 38.3 Å². The summed E-state index contributed by atoms with van der Waals surface area (Å²) in [4.78, 5) is 27.5. The van der Waals surface area contributed by atoms with Gasteiger partial charge in [-0.3, -0.25) is 9.59 Å². The lowest BCUT2D eigenvalue weighted by atomic mass is 9.94. The van der Waals surface area contributed by atoms with Crippen LogP contribution >= 0.6 is 11.6 Å². The molecule has 2 aromatic rings. The molecule has 0 aromatic heterocycles. The number of aliphatic hydroxyl groups excluding tert-OH is 1. The summed E-state index contributed by atoms with van der Waals surface area (Å²) in [7, 11) is 0. The van der Waals surface area contributed by atoms with Gasteiger partial charge in [0.25, 0.3) is 11.7 Å². The number of aliphatic hydroxyl groups is 1. The number of aryl methyl sites for hydroxylation is 1. The van der Waals surface area contributed by atoms with Gasteiger partial charge in [0.05, 0.1) is 17.7 Å². The Balaban J connectivity index is 1.80. The van der Waals surface area contributed by atoms with Gasteiger partial charge in [0.15, 0.2) is 0 Å². The molecule has 2 fully saturated rings. The minimum absolute atomic E-state index is 0.101. The van der Waals surface area contributed by atoms with Crippen LogP contribution in [0.15, 0.2) is 54.1 Å². The SMILES string of the molecule is CCc1ccc([C@H]2C(=C(O)c3ccc(Cl)cc3)C(=O)C(=O)N2C[C@H]2CCCO2)cc1. The van der Waals surface area contributed by atoms with Gasteiger partial charge in [-0.05, 0) is 54.7 Å². The van der Waals surface area contributed by atoms with Gasteiger partial charge < -0.3 is 14.7 Å². The summed E-state index contributed by atoms with van der Waals surface area (Å²) in [6.45, 7) is 3.05. The fourth-order valence-corrected chi connectivity index (χ4v) is 4.25. The van der Waals surface area contributed by atoms with Crippen molar-refractivity contribution >= 4 is 29.1 Å². The molecule has 6 heteroatoms. The van der Waals surface area contributed by atoms with Crippen LogP contribution in [-0.4, -0.2) is 41.0 Å². The van der Waals surface area contributed by atoms with E-state index in [9.17, 15) is 14.7 Å². The van der Waals surface area contributed by atoms with Crippen LogP contribution < -0.4 is 0 Å². The maximum absolute atomic E-state index is 13.0. The highest BCUT2D eigenvalue weighted by atomic mass is 35.5. The highest BCUT2D eigenvalue weighted by molar-refractivity contribution is 6.46. The number of nitrogens with zero attached hydrogens (tertiary/aromatic N) is 1. The monoisotopic (exact) mass is 425 g/mol. The smallest absolute Gasteiger partial charge is 0.295 e. The summed E-state index contributed by atoms with van der Waals surface area (Å²) < 4.78 is 5.71. The second kappa shape index (κ2) is 8.62. The Hall–Kier alpha value is -2.63. The van der Waals surface area contributed by atoms with Crippen molar-refractivity contribution in [3.8, 4) is 0 Å². The quantitative estimate of drug-likeness (QED) is 0.435. The first-order valence-electron chi connectivity index (χ1n) is 10.2. The standard InChI is InChI=1S/C24H24ClNO4/c1-2-15-5-7-16(8-6-15)21-20(22(27)17-9-11-18(25)12-10-17)23(28)24(29)26(21)14-19-4-3-13-30-19/h5-12,19,21,27H,2-4,13-14H2,1H3/t19-,21+/m1/s1. The number of halogens is 1. The van der Waals surface area contributed by atoms with E-state index in [4.69, 9.17) is 16.3 Å². The molecule has 0 spiro atoms. The van der Waals surface area contributed by atoms with Crippen LogP contribution in [0.1, 0.15) is 42.5 Å². The summed E-state index contributed by atoms with van der Waals surface area (Å²) >= 11 is 5.96. The summed E-state index contributed by atoms with van der Waals surface area (Å²) in [5, 5.41) is 11.5. The molecule has 2 aromatic carbocycles. The second-order valence-electron chi connectivity index (χ2n) is 7.69. The highest BCUT2D eigenvalue weighted by Crippen LogP contribution is 2.40. The third-order valence-corrected chi connectivity index (χ3v) is 6.04. The molecule has 2 saturated heterocycles. The maximum Gasteiger partial charge on any atom is 0.295 e. The van der Waals surface area contributed by atoms with Gasteiger partial charge in [0.2, 0.25) is 0 Å². The molecule has 2 aliphatic heterocycles. The normalized spacial score (nSPS) is 23.3. The Labute approximate surface area is 180 Å². The number of ketones is 1. The Kier molecular flexibility index (Phi) is 5.93. The zero-order valence-corrected chi connectivity index (χ0v) is 17.6. The first kappa shape index (κ1) is 20.6. The number of carbonyl (C=O) groups excluding carboxylic acids is 2. The highest BCUT2D eigenvalue weighted by Gasteiger charge is 2.47. The first-order chi connectivity index (χ1) is 14.5. The van der Waals surface area contributed by atoms with Crippen molar-refractivity contribution in [2.75, 3.05) is 13.2 Å². The third kappa shape index (κ3) is 3.87. The molecular formula is C24H24ClNO4. The van der Waals surface area contributed by atoms with Gasteiger partial charge in [-0.1, -0.05) is 42.8 Å². The number of Topliss-reactive ketones (excluding diaryl/α,β-unsaturated/α-hetero) is 1. The summed E-state index contributed by atoms with van der Waals surface area (Å²) in [5.41, 5.74) is 2.50. The largest absolute Gasteiger partial charge is 0.507 e. The number of likely N-dealkylation sites (tertiary alicyclic amines) is 1. The molecular weight excluding hydrogens is 402 g/mol. The predicted octanol–water partition coefficient (Wildman–Crippen LogP) is 4.50. The molecule has 0 unspecified atom stereocenters. The molecule has 2 atom stereocenters. The number of amides is 1. The number of benzene rings is 2. The van der Waals surface area contributed by atoms with Crippen molar-refractivity contribution in [1.82, 2.24) is 4.90 Å². The number of ether oxygens (including phenoxy) is 1. The van der Waals surface area contributed by atoms with E-state index in [1.54, 1.807) is 29.2 Å². The lowest BCUT2D eigenvalue weighted by Gasteiger charge is -2.27. The van der Waals surface area contributed by atoms with Crippen molar-refractivity contribution in [3.05, 3.63) is 75.8 Å². The molecule has 0 aliphatic carbocycles. The van der Waals surface area contributed by atoms with Gasteiger partial charge in [-0.25, -0.2) is 0 Å². The fraction of sp³-hybridized carbons (Fsp3) is 0.333. The Morgan fingerprint density at radius 1 is 1.13 bits per heavy atom. The molecule has 0 saturated carbocycles. The number of rotatable bonds is 5. The lowest BCUT2D eigenvalue weighted by molar-refractivity contribution is -0.140. The Bertz CT molecular complexity index is 975. The van der Waals surface area contributed by atoms with Crippen LogP contribution in [0, 0.1) is 0 Å². The molecule has 156 valence electrons. The average molecular weight is 426 g/mol. The van der Waals surface area contributed by atoms with Gasteiger partial charge in [-0.15, -0.1) is 0 Å². The molecule has 2 aliphatic rings. The molecule has 0 bridgehead atoms. The number of carbonyl (C=O) groups is 2. The molecule has 0 radical (unpaired) electrons.